The standard InChI is InChI=1S/C25H29N9O4/c1-3-32-20-22-27-21(19-5-4-14-38-19)29-33(22)24(26)28-23(20)34(25(32)35)31-12-10-30(11-13-31)17-6-8-18(9-7-17)37-16-15-36-2/h4-9,14H,3,10-13,15-16H2,1-2H3,(H2,26,28). The SMILES string of the molecule is CCn1c(=O)n(N2CCN(c3ccc(OCCOC)cc3)CC2)c2nc(N)n3nc(-c4ccco4)nc3c21. The second kappa shape index (κ2) is 9.74. The fourth-order valence-corrected chi connectivity index (χ4v) is 4.83. The molecule has 198 valence electrons. The van der Waals surface area contributed by atoms with Crippen LogP contribution in [0.2, 0.25) is 0 Å². The number of fused-ring (bicyclic) bond motifs is 3. The maximum absolute atomic E-state index is 13.6. The first-order valence-electron chi connectivity index (χ1n) is 12.5. The van der Waals surface area contributed by atoms with E-state index in [1.165, 1.54) is 4.52 Å². The number of methoxy groups -OCH3 is 1. The first-order valence-corrected chi connectivity index (χ1v) is 12.5. The van der Waals surface area contributed by atoms with Gasteiger partial charge in [-0.15, -0.1) is 5.10 Å². The molecule has 0 radical (unpaired) electrons. The summed E-state index contributed by atoms with van der Waals surface area (Å²) >= 11 is 0. The average Bonchev–Trinajstić information content (AvgIpc) is 3.67. The molecule has 1 aliphatic heterocycles. The molecule has 2 N–H and O–H groups in total. The molecule has 13 heteroatoms. The molecule has 0 atom stereocenters. The highest BCUT2D eigenvalue weighted by atomic mass is 16.5. The second-order valence-electron chi connectivity index (χ2n) is 8.90. The fourth-order valence-electron chi connectivity index (χ4n) is 4.83. The van der Waals surface area contributed by atoms with Crippen LogP contribution < -0.4 is 26.1 Å². The van der Waals surface area contributed by atoms with Crippen LogP contribution in [0, 0.1) is 0 Å². The molecule has 1 saturated heterocycles. The molecule has 0 unspecified atom stereocenters. The lowest BCUT2D eigenvalue weighted by atomic mass is 10.2. The third-order valence-corrected chi connectivity index (χ3v) is 6.71. The normalized spacial score (nSPS) is 14.2. The van der Waals surface area contributed by atoms with Gasteiger partial charge in [0.05, 0.1) is 26.0 Å². The number of aryl methyl sites for hydroxylation is 1. The molecule has 0 spiro atoms. The molecule has 4 aromatic heterocycles. The molecule has 13 nitrogen and oxygen atoms in total. The van der Waals surface area contributed by atoms with E-state index in [-0.39, 0.29) is 11.6 Å². The van der Waals surface area contributed by atoms with E-state index in [1.54, 1.807) is 34.7 Å². The maximum Gasteiger partial charge on any atom is 0.349 e. The Bertz CT molecular complexity index is 1610. The van der Waals surface area contributed by atoms with Crippen molar-refractivity contribution < 1.29 is 13.9 Å². The minimum absolute atomic E-state index is 0.145. The lowest BCUT2D eigenvalue weighted by Gasteiger charge is -2.37. The van der Waals surface area contributed by atoms with Gasteiger partial charge in [0.2, 0.25) is 11.8 Å². The summed E-state index contributed by atoms with van der Waals surface area (Å²) < 4.78 is 20.9. The van der Waals surface area contributed by atoms with Gasteiger partial charge in [-0.25, -0.2) is 9.78 Å². The predicted octanol–water partition coefficient (Wildman–Crippen LogP) is 1.59. The summed E-state index contributed by atoms with van der Waals surface area (Å²) in [5, 5.41) is 6.48. The molecule has 1 aromatic carbocycles. The van der Waals surface area contributed by atoms with Crippen molar-refractivity contribution in [3.63, 3.8) is 0 Å². The van der Waals surface area contributed by atoms with Crippen LogP contribution in [0.3, 0.4) is 0 Å². The van der Waals surface area contributed by atoms with Gasteiger partial charge in [-0.1, -0.05) is 0 Å². The number of furan rings is 1. The zero-order valence-electron chi connectivity index (χ0n) is 21.3. The van der Waals surface area contributed by atoms with E-state index in [2.05, 4.69) is 20.0 Å². The number of imidazole rings is 1. The van der Waals surface area contributed by atoms with Gasteiger partial charge < -0.3 is 29.5 Å². The molecule has 0 saturated carbocycles. The van der Waals surface area contributed by atoms with Crippen LogP contribution in [0.5, 0.6) is 5.75 Å². The Morgan fingerprint density at radius 1 is 1.03 bits per heavy atom. The largest absolute Gasteiger partial charge is 0.491 e. The summed E-state index contributed by atoms with van der Waals surface area (Å²) in [6, 6.07) is 11.6. The Morgan fingerprint density at radius 3 is 2.50 bits per heavy atom. The van der Waals surface area contributed by atoms with Crippen molar-refractivity contribution in [3.8, 4) is 17.3 Å². The second-order valence-corrected chi connectivity index (χ2v) is 8.90. The zero-order chi connectivity index (χ0) is 26.2. The fraction of sp³-hybridized carbons (Fsp3) is 0.360. The van der Waals surface area contributed by atoms with E-state index in [0.29, 0.717) is 61.2 Å². The third kappa shape index (κ3) is 4.00. The average molecular weight is 520 g/mol. The van der Waals surface area contributed by atoms with Crippen LogP contribution in [-0.2, 0) is 11.3 Å². The van der Waals surface area contributed by atoms with Gasteiger partial charge >= 0.3 is 5.69 Å². The van der Waals surface area contributed by atoms with Gasteiger partial charge in [0.15, 0.2) is 17.1 Å². The summed E-state index contributed by atoms with van der Waals surface area (Å²) in [4.78, 5) is 25.1. The van der Waals surface area contributed by atoms with Crippen LogP contribution >= 0.6 is 0 Å². The number of rotatable bonds is 8. The van der Waals surface area contributed by atoms with Gasteiger partial charge in [0.1, 0.15) is 17.9 Å². The van der Waals surface area contributed by atoms with Crippen LogP contribution in [-0.4, -0.2) is 75.3 Å². The van der Waals surface area contributed by atoms with E-state index in [1.807, 2.05) is 36.2 Å². The van der Waals surface area contributed by atoms with Crippen molar-refractivity contribution >= 4 is 28.4 Å². The Balaban J connectivity index is 1.29. The molecular weight excluding hydrogens is 490 g/mol. The van der Waals surface area contributed by atoms with Gasteiger partial charge in [-0.3, -0.25) is 4.57 Å². The number of nitrogen functional groups attached to an aromatic ring is 1. The molecule has 0 amide bonds. The molecular formula is C25H29N9O4. The topological polar surface area (TPSA) is 134 Å². The van der Waals surface area contributed by atoms with E-state index in [0.717, 1.165) is 24.5 Å². The number of ether oxygens (including phenoxy) is 2. The van der Waals surface area contributed by atoms with E-state index in [4.69, 9.17) is 19.6 Å². The minimum atomic E-state index is -0.184. The van der Waals surface area contributed by atoms with Crippen LogP contribution in [0.1, 0.15) is 6.92 Å². The number of aromatic nitrogens is 6. The minimum Gasteiger partial charge on any atom is -0.491 e. The number of nitrogens with two attached hydrogens (primary N) is 1. The monoisotopic (exact) mass is 519 g/mol. The summed E-state index contributed by atoms with van der Waals surface area (Å²) in [5.74, 6) is 1.84. The van der Waals surface area contributed by atoms with Crippen molar-refractivity contribution in [1.82, 2.24) is 28.8 Å². The van der Waals surface area contributed by atoms with E-state index >= 15 is 0 Å². The lowest BCUT2D eigenvalue weighted by molar-refractivity contribution is 0.146. The van der Waals surface area contributed by atoms with Crippen molar-refractivity contribution in [2.75, 3.05) is 62.1 Å². The Morgan fingerprint density at radius 2 is 1.82 bits per heavy atom. The molecule has 0 aliphatic carbocycles. The number of hydrogen-bond acceptors (Lipinski definition) is 10. The highest BCUT2D eigenvalue weighted by Crippen LogP contribution is 2.25. The van der Waals surface area contributed by atoms with E-state index in [9.17, 15) is 4.79 Å². The zero-order valence-corrected chi connectivity index (χ0v) is 21.3. The molecule has 38 heavy (non-hydrogen) atoms. The molecule has 5 aromatic rings. The maximum atomic E-state index is 13.6. The van der Waals surface area contributed by atoms with Crippen LogP contribution in [0.15, 0.2) is 51.9 Å². The van der Waals surface area contributed by atoms with Crippen molar-refractivity contribution in [2.24, 2.45) is 0 Å². The number of piperazine rings is 1. The Kier molecular flexibility index (Phi) is 6.12. The quantitative estimate of drug-likeness (QED) is 0.301. The number of benzene rings is 1. The van der Waals surface area contributed by atoms with Crippen molar-refractivity contribution in [1.29, 1.82) is 0 Å². The highest BCUT2D eigenvalue weighted by molar-refractivity contribution is 5.88. The summed E-state index contributed by atoms with van der Waals surface area (Å²) in [5.41, 5.74) is 8.72. The highest BCUT2D eigenvalue weighted by Gasteiger charge is 2.27. The van der Waals surface area contributed by atoms with Gasteiger partial charge in [0.25, 0.3) is 0 Å². The molecule has 6 rings (SSSR count). The summed E-state index contributed by atoms with van der Waals surface area (Å²) in [6.45, 7) is 6.16. The van der Waals surface area contributed by atoms with Gasteiger partial charge in [-0.2, -0.15) is 14.2 Å². The number of hydrogen-bond donors (Lipinski definition) is 1. The van der Waals surface area contributed by atoms with Crippen molar-refractivity contribution in [3.05, 3.63) is 53.1 Å². The molecule has 1 fully saturated rings. The first kappa shape index (κ1) is 23.9. The molecule has 1 aliphatic rings. The van der Waals surface area contributed by atoms with Crippen LogP contribution in [0.25, 0.3) is 28.4 Å². The third-order valence-electron chi connectivity index (χ3n) is 6.71. The van der Waals surface area contributed by atoms with Gasteiger partial charge in [-0.05, 0) is 43.3 Å². The smallest absolute Gasteiger partial charge is 0.349 e. The molecule has 5 heterocycles. The molecule has 0 bridgehead atoms. The summed E-state index contributed by atoms with van der Waals surface area (Å²) in [6.07, 6.45) is 1.56. The Labute approximate surface area is 217 Å². The lowest BCUT2D eigenvalue weighted by Crippen LogP contribution is -2.54. The van der Waals surface area contributed by atoms with Crippen LogP contribution in [0.4, 0.5) is 11.6 Å². The number of anilines is 2. The van der Waals surface area contributed by atoms with Crippen molar-refractivity contribution in [2.45, 2.75) is 13.5 Å². The first-order chi connectivity index (χ1) is 18.6. The number of nitrogens with zero attached hydrogens (tertiary/aromatic N) is 8. The van der Waals surface area contributed by atoms with E-state index < -0.39 is 0 Å². The van der Waals surface area contributed by atoms with Gasteiger partial charge in [0, 0.05) is 32.4 Å². The Hall–Kier alpha value is -4.52. The predicted molar refractivity (Wildman–Crippen MR) is 142 cm³/mol. The summed E-state index contributed by atoms with van der Waals surface area (Å²) in [7, 11) is 1.65.